The lowest BCUT2D eigenvalue weighted by Gasteiger charge is -2.19. The number of rotatable bonds is 8. The molecule has 0 bridgehead atoms. The van der Waals surface area contributed by atoms with E-state index in [-0.39, 0.29) is 37.8 Å². The van der Waals surface area contributed by atoms with Crippen molar-refractivity contribution in [1.29, 1.82) is 0 Å². The van der Waals surface area contributed by atoms with Gasteiger partial charge >= 0.3 is 26.3 Å². The van der Waals surface area contributed by atoms with Gasteiger partial charge in [0.1, 0.15) is 15.5 Å². The fraction of sp³-hybridized carbons (Fsp3) is 0.242. The van der Waals surface area contributed by atoms with Crippen LogP contribution in [-0.4, -0.2) is 22.9 Å². The summed E-state index contributed by atoms with van der Waals surface area (Å²) in [5.41, 5.74) is 2.17. The number of para-hydroxylation sites is 2. The summed E-state index contributed by atoms with van der Waals surface area (Å²) in [6, 6.07) is 24.2. The molecule has 0 aromatic heterocycles. The average Bonchev–Trinajstić information content (AvgIpc) is 2.94. The fourth-order valence-corrected chi connectivity index (χ4v) is 5.98. The van der Waals surface area contributed by atoms with Crippen molar-refractivity contribution in [3.63, 3.8) is 0 Å². The molecule has 4 aromatic carbocycles. The third-order valence-electron chi connectivity index (χ3n) is 6.67. The van der Waals surface area contributed by atoms with E-state index in [1.54, 1.807) is 36.4 Å². The summed E-state index contributed by atoms with van der Waals surface area (Å²) in [7, 11) is -8.24. The number of amides is 2. The molecule has 0 spiro atoms. The van der Waals surface area contributed by atoms with Crippen LogP contribution in [0.3, 0.4) is 0 Å². The number of benzene rings is 4. The topological polar surface area (TPSA) is 128 Å². The first kappa shape index (κ1) is 32.6. The zero-order valence-electron chi connectivity index (χ0n) is 25.4. The van der Waals surface area contributed by atoms with Crippen molar-refractivity contribution in [1.82, 2.24) is 0 Å². The van der Waals surface area contributed by atoms with Crippen molar-refractivity contribution in [2.45, 2.75) is 62.2 Å². The second-order valence-electron chi connectivity index (χ2n) is 12.2. The number of carbonyl (C=O) groups is 1. The SMILES string of the molecule is CC(C)(C)c1ccc(S(=O)(=O)Oc2ccc(NC(=O)Nc3ccccc3OS(=O)(=O)c3ccc(C(C)(C)C)cc3)cc2)cc1. The molecule has 11 heteroatoms. The van der Waals surface area contributed by atoms with Gasteiger partial charge in [-0.2, -0.15) is 16.8 Å². The molecule has 0 saturated heterocycles. The number of urea groups is 1. The number of hydrogen-bond acceptors (Lipinski definition) is 7. The first-order valence-electron chi connectivity index (χ1n) is 13.8. The molecular weight excluding hydrogens is 601 g/mol. The van der Waals surface area contributed by atoms with E-state index in [0.29, 0.717) is 5.69 Å². The molecule has 232 valence electrons. The quantitative estimate of drug-likeness (QED) is 0.192. The molecule has 0 aliphatic carbocycles. The normalized spacial score (nSPS) is 12.3. The molecule has 2 N–H and O–H groups in total. The van der Waals surface area contributed by atoms with Gasteiger partial charge in [-0.25, -0.2) is 4.79 Å². The van der Waals surface area contributed by atoms with Crippen LogP contribution in [0.2, 0.25) is 0 Å². The maximum Gasteiger partial charge on any atom is 0.339 e. The van der Waals surface area contributed by atoms with Crippen molar-refractivity contribution in [2.75, 3.05) is 10.6 Å². The van der Waals surface area contributed by atoms with Gasteiger partial charge in [-0.1, -0.05) is 77.9 Å². The van der Waals surface area contributed by atoms with Crippen molar-refractivity contribution >= 4 is 37.6 Å². The molecule has 4 rings (SSSR count). The van der Waals surface area contributed by atoms with E-state index < -0.39 is 26.3 Å². The first-order valence-corrected chi connectivity index (χ1v) is 16.6. The minimum Gasteiger partial charge on any atom is -0.379 e. The van der Waals surface area contributed by atoms with Gasteiger partial charge in [0, 0.05) is 5.69 Å². The van der Waals surface area contributed by atoms with E-state index in [9.17, 15) is 21.6 Å². The number of carbonyl (C=O) groups excluding carboxylic acids is 1. The van der Waals surface area contributed by atoms with E-state index in [1.807, 2.05) is 41.5 Å². The zero-order chi connectivity index (χ0) is 32.3. The molecule has 0 unspecified atom stereocenters. The molecule has 0 aliphatic rings. The predicted molar refractivity (Wildman–Crippen MR) is 171 cm³/mol. The van der Waals surface area contributed by atoms with E-state index in [0.717, 1.165) is 11.1 Å². The Balaban J connectivity index is 1.40. The molecule has 4 aromatic rings. The maximum absolute atomic E-state index is 13.0. The zero-order valence-corrected chi connectivity index (χ0v) is 27.0. The third-order valence-corrected chi connectivity index (χ3v) is 9.18. The summed E-state index contributed by atoms with van der Waals surface area (Å²) in [5, 5.41) is 5.20. The Morgan fingerprint density at radius 3 is 1.50 bits per heavy atom. The molecule has 0 fully saturated rings. The number of nitrogens with one attached hydrogen (secondary N) is 2. The maximum atomic E-state index is 13.0. The molecule has 0 heterocycles. The van der Waals surface area contributed by atoms with Crippen LogP contribution in [0.4, 0.5) is 16.2 Å². The Morgan fingerprint density at radius 2 is 1.02 bits per heavy atom. The van der Waals surface area contributed by atoms with Crippen molar-refractivity contribution in [3.05, 3.63) is 108 Å². The highest BCUT2D eigenvalue weighted by atomic mass is 32.2. The molecule has 44 heavy (non-hydrogen) atoms. The van der Waals surface area contributed by atoms with Crippen molar-refractivity contribution < 1.29 is 30.0 Å². The lowest BCUT2D eigenvalue weighted by molar-refractivity contribution is 0.262. The molecule has 2 amide bonds. The highest BCUT2D eigenvalue weighted by molar-refractivity contribution is 7.87. The molecule has 9 nitrogen and oxygen atoms in total. The third kappa shape index (κ3) is 8.18. The largest absolute Gasteiger partial charge is 0.379 e. The Labute approximate surface area is 259 Å². The van der Waals surface area contributed by atoms with Crippen molar-refractivity contribution in [3.8, 4) is 11.5 Å². The van der Waals surface area contributed by atoms with Crippen LogP contribution in [0.25, 0.3) is 0 Å². The average molecular weight is 637 g/mol. The van der Waals surface area contributed by atoms with Crippen LogP contribution in [0, 0.1) is 0 Å². The number of hydrogen-bond donors (Lipinski definition) is 2. The smallest absolute Gasteiger partial charge is 0.339 e. The molecule has 0 saturated carbocycles. The summed E-state index contributed by atoms with van der Waals surface area (Å²) in [5.74, 6) is 0.00220. The van der Waals surface area contributed by atoms with Crippen LogP contribution in [-0.2, 0) is 31.1 Å². The molecule has 0 atom stereocenters. The lowest BCUT2D eigenvalue weighted by Crippen LogP contribution is -2.20. The molecular formula is C33H36N2O7S2. The van der Waals surface area contributed by atoms with Crippen LogP contribution in [0.15, 0.2) is 107 Å². The molecule has 0 aliphatic heterocycles. The van der Waals surface area contributed by atoms with Crippen LogP contribution < -0.4 is 19.0 Å². The van der Waals surface area contributed by atoms with Crippen LogP contribution in [0.1, 0.15) is 52.7 Å². The first-order chi connectivity index (χ1) is 20.4. The number of anilines is 2. The van der Waals surface area contributed by atoms with Gasteiger partial charge in [0.25, 0.3) is 0 Å². The lowest BCUT2D eigenvalue weighted by atomic mass is 9.87. The monoisotopic (exact) mass is 636 g/mol. The summed E-state index contributed by atoms with van der Waals surface area (Å²) in [6.45, 7) is 12.2. The highest BCUT2D eigenvalue weighted by Gasteiger charge is 2.22. The van der Waals surface area contributed by atoms with Crippen molar-refractivity contribution in [2.24, 2.45) is 0 Å². The molecule has 0 radical (unpaired) electrons. The predicted octanol–water partition coefficient (Wildman–Crippen LogP) is 7.46. The Hall–Kier alpha value is -4.35. The van der Waals surface area contributed by atoms with Gasteiger partial charge in [0.15, 0.2) is 5.75 Å². The summed E-state index contributed by atoms with van der Waals surface area (Å²) >= 11 is 0. The van der Waals surface area contributed by atoms with Gasteiger partial charge < -0.3 is 19.0 Å². The minimum atomic E-state index is -4.18. The van der Waals surface area contributed by atoms with Crippen LogP contribution in [0.5, 0.6) is 11.5 Å². The minimum absolute atomic E-state index is 0.0176. The van der Waals surface area contributed by atoms with Crippen LogP contribution >= 0.6 is 0 Å². The Kier molecular flexibility index (Phi) is 9.13. The van der Waals surface area contributed by atoms with Gasteiger partial charge in [0.05, 0.1) is 5.69 Å². The van der Waals surface area contributed by atoms with Gasteiger partial charge in [-0.15, -0.1) is 0 Å². The van der Waals surface area contributed by atoms with E-state index in [1.165, 1.54) is 60.7 Å². The van der Waals surface area contributed by atoms with Gasteiger partial charge in [-0.3, -0.25) is 0 Å². The van der Waals surface area contributed by atoms with Gasteiger partial charge in [0.2, 0.25) is 0 Å². The highest BCUT2D eigenvalue weighted by Crippen LogP contribution is 2.30. The second kappa shape index (κ2) is 12.3. The summed E-state index contributed by atoms with van der Waals surface area (Å²) in [6.07, 6.45) is 0. The van der Waals surface area contributed by atoms with E-state index in [2.05, 4.69) is 10.6 Å². The summed E-state index contributed by atoms with van der Waals surface area (Å²) in [4.78, 5) is 12.8. The standard InChI is InChI=1S/C33H36N2O7S2/c1-32(2,3)23-11-19-27(20-12-23)43(37,38)41-26-17-15-25(16-18-26)34-31(36)35-29-9-7-8-10-30(29)42-44(39,40)28-21-13-24(14-22-28)33(4,5)6/h7-22H,1-6H3,(H2,34,35,36). The Morgan fingerprint density at radius 1 is 0.568 bits per heavy atom. The summed E-state index contributed by atoms with van der Waals surface area (Å²) < 4.78 is 62.1. The van der Waals surface area contributed by atoms with E-state index >= 15 is 0 Å². The Bertz CT molecular complexity index is 1840. The second-order valence-corrected chi connectivity index (χ2v) is 15.3. The van der Waals surface area contributed by atoms with E-state index in [4.69, 9.17) is 8.37 Å². The fourth-order valence-electron chi connectivity index (χ4n) is 4.11. The van der Waals surface area contributed by atoms with Gasteiger partial charge in [-0.05, 0) is 82.6 Å².